The first-order valence-electron chi connectivity index (χ1n) is 6.18. The molecule has 1 heterocycles. The summed E-state index contributed by atoms with van der Waals surface area (Å²) in [6.07, 6.45) is 4.03. The van der Waals surface area contributed by atoms with Crippen LogP contribution in [0.25, 0.3) is 0 Å². The number of aliphatic hydroxyl groups excluding tert-OH is 1. The number of hydrogen-bond acceptors (Lipinski definition) is 4. The number of aliphatic hydroxyl groups is 1. The van der Waals surface area contributed by atoms with Crippen LogP contribution in [0.3, 0.4) is 0 Å². The van der Waals surface area contributed by atoms with Gasteiger partial charge in [0.2, 0.25) is 0 Å². The van der Waals surface area contributed by atoms with Gasteiger partial charge in [-0.3, -0.25) is 4.79 Å². The van der Waals surface area contributed by atoms with Crippen molar-refractivity contribution < 1.29 is 9.84 Å². The number of hydrogen-bond donors (Lipinski definition) is 1. The van der Waals surface area contributed by atoms with Crippen molar-refractivity contribution in [2.24, 2.45) is 0 Å². The van der Waals surface area contributed by atoms with Crippen molar-refractivity contribution in [3.8, 4) is 11.6 Å². The molecule has 0 aliphatic carbocycles. The van der Waals surface area contributed by atoms with E-state index in [1.807, 2.05) is 6.92 Å². The van der Waals surface area contributed by atoms with Crippen LogP contribution in [0, 0.1) is 0 Å². The standard InChI is InChI=1S/C14H16N2O3/c1-2-8-16-9-7-15-13(14(16)18)19-12-6-4-3-5-11(12)10-17/h3-7,9,17H,2,8,10H2,1H3. The molecule has 0 amide bonds. The molecule has 5 heteroatoms. The molecule has 0 radical (unpaired) electrons. The molecular formula is C14H16N2O3. The molecule has 0 aliphatic rings. The van der Waals surface area contributed by atoms with Crippen LogP contribution in [0.4, 0.5) is 0 Å². The lowest BCUT2D eigenvalue weighted by Crippen LogP contribution is -2.21. The summed E-state index contributed by atoms with van der Waals surface area (Å²) < 4.78 is 7.07. The Balaban J connectivity index is 2.33. The van der Waals surface area contributed by atoms with Gasteiger partial charge in [-0.1, -0.05) is 25.1 Å². The molecule has 5 nitrogen and oxygen atoms in total. The highest BCUT2D eigenvalue weighted by molar-refractivity contribution is 5.35. The molecule has 2 aromatic rings. The fourth-order valence-corrected chi connectivity index (χ4v) is 1.75. The van der Waals surface area contributed by atoms with Gasteiger partial charge in [0.1, 0.15) is 5.75 Å². The lowest BCUT2D eigenvalue weighted by atomic mass is 10.2. The van der Waals surface area contributed by atoms with E-state index in [0.29, 0.717) is 17.9 Å². The molecule has 1 aromatic carbocycles. The number of rotatable bonds is 5. The zero-order chi connectivity index (χ0) is 13.7. The van der Waals surface area contributed by atoms with Gasteiger partial charge in [-0.25, -0.2) is 4.98 Å². The Morgan fingerprint density at radius 1 is 1.37 bits per heavy atom. The maximum Gasteiger partial charge on any atom is 0.313 e. The fraction of sp³-hybridized carbons (Fsp3) is 0.286. The van der Waals surface area contributed by atoms with E-state index in [2.05, 4.69) is 4.98 Å². The zero-order valence-corrected chi connectivity index (χ0v) is 10.7. The summed E-state index contributed by atoms with van der Waals surface area (Å²) in [5.74, 6) is 0.473. The van der Waals surface area contributed by atoms with Crippen LogP contribution in [0.1, 0.15) is 18.9 Å². The maximum absolute atomic E-state index is 12.1. The van der Waals surface area contributed by atoms with Crippen molar-refractivity contribution in [1.29, 1.82) is 0 Å². The van der Waals surface area contributed by atoms with Gasteiger partial charge in [0.15, 0.2) is 0 Å². The van der Waals surface area contributed by atoms with Crippen molar-refractivity contribution in [2.45, 2.75) is 26.5 Å². The number of ether oxygens (including phenoxy) is 1. The highest BCUT2D eigenvalue weighted by atomic mass is 16.5. The molecule has 0 spiro atoms. The highest BCUT2D eigenvalue weighted by Gasteiger charge is 2.09. The molecule has 0 bridgehead atoms. The average molecular weight is 260 g/mol. The largest absolute Gasteiger partial charge is 0.434 e. The molecule has 1 N–H and O–H groups in total. The minimum atomic E-state index is -0.267. The molecule has 0 atom stereocenters. The number of aromatic nitrogens is 2. The van der Waals surface area contributed by atoms with E-state index in [4.69, 9.17) is 4.74 Å². The molecule has 0 unspecified atom stereocenters. The molecule has 0 saturated carbocycles. The quantitative estimate of drug-likeness (QED) is 0.892. The maximum atomic E-state index is 12.1. The van der Waals surface area contributed by atoms with Crippen molar-refractivity contribution in [2.75, 3.05) is 0 Å². The van der Waals surface area contributed by atoms with E-state index < -0.39 is 0 Å². The third-order valence-electron chi connectivity index (χ3n) is 2.70. The minimum Gasteiger partial charge on any atom is -0.434 e. The summed E-state index contributed by atoms with van der Waals surface area (Å²) in [6.45, 7) is 2.47. The van der Waals surface area contributed by atoms with Gasteiger partial charge in [0.05, 0.1) is 6.61 Å². The van der Waals surface area contributed by atoms with E-state index in [0.717, 1.165) is 6.42 Å². The first kappa shape index (κ1) is 13.3. The van der Waals surface area contributed by atoms with Crippen LogP contribution in [0.2, 0.25) is 0 Å². The number of benzene rings is 1. The molecular weight excluding hydrogens is 244 g/mol. The lowest BCUT2D eigenvalue weighted by Gasteiger charge is -2.09. The molecule has 0 saturated heterocycles. The normalized spacial score (nSPS) is 10.4. The van der Waals surface area contributed by atoms with Crippen LogP contribution in [-0.2, 0) is 13.2 Å². The highest BCUT2D eigenvalue weighted by Crippen LogP contribution is 2.21. The summed E-state index contributed by atoms with van der Waals surface area (Å²) in [7, 11) is 0. The lowest BCUT2D eigenvalue weighted by molar-refractivity contribution is 0.276. The molecule has 19 heavy (non-hydrogen) atoms. The van der Waals surface area contributed by atoms with Gasteiger partial charge in [0, 0.05) is 24.5 Å². The molecule has 2 rings (SSSR count). The SMILES string of the molecule is CCCn1ccnc(Oc2ccccc2CO)c1=O. The summed E-state index contributed by atoms with van der Waals surface area (Å²) >= 11 is 0. The number of nitrogens with zero attached hydrogens (tertiary/aromatic N) is 2. The molecule has 0 fully saturated rings. The summed E-state index contributed by atoms with van der Waals surface area (Å²) in [5, 5.41) is 9.22. The van der Waals surface area contributed by atoms with E-state index >= 15 is 0 Å². The average Bonchev–Trinajstić information content (AvgIpc) is 2.44. The molecule has 0 aliphatic heterocycles. The Hall–Kier alpha value is -2.14. The van der Waals surface area contributed by atoms with Crippen molar-refractivity contribution in [3.63, 3.8) is 0 Å². The van der Waals surface area contributed by atoms with Gasteiger partial charge in [0.25, 0.3) is 5.88 Å². The van der Waals surface area contributed by atoms with Crippen LogP contribution >= 0.6 is 0 Å². The van der Waals surface area contributed by atoms with E-state index in [1.165, 1.54) is 6.20 Å². The smallest absolute Gasteiger partial charge is 0.313 e. The van der Waals surface area contributed by atoms with Crippen LogP contribution < -0.4 is 10.3 Å². The van der Waals surface area contributed by atoms with Crippen LogP contribution in [0.15, 0.2) is 41.5 Å². The predicted molar refractivity (Wildman–Crippen MR) is 71.2 cm³/mol. The summed E-state index contributed by atoms with van der Waals surface area (Å²) in [4.78, 5) is 16.0. The van der Waals surface area contributed by atoms with Gasteiger partial charge in [-0.2, -0.15) is 0 Å². The Bertz CT molecular complexity index is 608. The number of aryl methyl sites for hydroxylation is 1. The molecule has 100 valence electrons. The third kappa shape index (κ3) is 3.00. The zero-order valence-electron chi connectivity index (χ0n) is 10.7. The van der Waals surface area contributed by atoms with Crippen LogP contribution in [0.5, 0.6) is 11.6 Å². The monoisotopic (exact) mass is 260 g/mol. The van der Waals surface area contributed by atoms with Gasteiger partial charge < -0.3 is 14.4 Å². The van der Waals surface area contributed by atoms with Gasteiger partial charge >= 0.3 is 5.56 Å². The van der Waals surface area contributed by atoms with Gasteiger partial charge in [-0.05, 0) is 12.5 Å². The van der Waals surface area contributed by atoms with E-state index in [9.17, 15) is 9.90 Å². The second kappa shape index (κ2) is 6.15. The minimum absolute atomic E-state index is 0.0249. The van der Waals surface area contributed by atoms with Crippen LogP contribution in [-0.4, -0.2) is 14.7 Å². The first-order valence-corrected chi connectivity index (χ1v) is 6.18. The fourth-order valence-electron chi connectivity index (χ4n) is 1.75. The van der Waals surface area contributed by atoms with Crippen molar-refractivity contribution >= 4 is 0 Å². The van der Waals surface area contributed by atoms with Gasteiger partial charge in [-0.15, -0.1) is 0 Å². The topological polar surface area (TPSA) is 64.3 Å². The first-order chi connectivity index (χ1) is 9.26. The second-order valence-corrected chi connectivity index (χ2v) is 4.10. The Morgan fingerprint density at radius 2 is 2.16 bits per heavy atom. The third-order valence-corrected chi connectivity index (χ3v) is 2.70. The van der Waals surface area contributed by atoms with E-state index in [-0.39, 0.29) is 18.0 Å². The molecule has 1 aromatic heterocycles. The van der Waals surface area contributed by atoms with Crippen molar-refractivity contribution in [1.82, 2.24) is 9.55 Å². The second-order valence-electron chi connectivity index (χ2n) is 4.10. The Morgan fingerprint density at radius 3 is 2.89 bits per heavy atom. The van der Waals surface area contributed by atoms with E-state index in [1.54, 1.807) is 35.0 Å². The Kier molecular flexibility index (Phi) is 4.30. The summed E-state index contributed by atoms with van der Waals surface area (Å²) in [6, 6.07) is 7.01. The predicted octanol–water partition coefficient (Wildman–Crippen LogP) is 1.94. The van der Waals surface area contributed by atoms with Crippen molar-refractivity contribution in [3.05, 3.63) is 52.6 Å². The summed E-state index contributed by atoms with van der Waals surface area (Å²) in [5.41, 5.74) is 0.353. The Labute approximate surface area is 111 Å². The number of para-hydroxylation sites is 1.